The molecule has 0 saturated carbocycles. The number of hydrogen-bond acceptors (Lipinski definition) is 2. The molecule has 4 heteroatoms. The van der Waals surface area contributed by atoms with Gasteiger partial charge in [0.05, 0.1) is 6.10 Å². The Labute approximate surface area is 85.4 Å². The second-order valence-electron chi connectivity index (χ2n) is 3.75. The number of nitrogens with two attached hydrogens (primary N) is 1. The number of amides is 2. The summed E-state index contributed by atoms with van der Waals surface area (Å²) in [5, 5.41) is 0. The predicted octanol–water partition coefficient (Wildman–Crippen LogP) is 1.35. The molecule has 1 heterocycles. The summed E-state index contributed by atoms with van der Waals surface area (Å²) in [4.78, 5) is 12.6. The van der Waals surface area contributed by atoms with Gasteiger partial charge in [0.25, 0.3) is 0 Å². The maximum Gasteiger partial charge on any atom is 0.314 e. The Bertz CT molecular complexity index is 185. The highest BCUT2D eigenvalue weighted by Gasteiger charge is 2.18. The second-order valence-corrected chi connectivity index (χ2v) is 3.75. The summed E-state index contributed by atoms with van der Waals surface area (Å²) in [5.74, 6) is 0. The number of nitrogens with zero attached hydrogens (tertiary/aromatic N) is 1. The van der Waals surface area contributed by atoms with Crippen LogP contribution < -0.4 is 5.73 Å². The summed E-state index contributed by atoms with van der Waals surface area (Å²) in [5.41, 5.74) is 5.23. The van der Waals surface area contributed by atoms with Crippen LogP contribution in [0.5, 0.6) is 0 Å². The molecule has 2 N–H and O–H groups in total. The molecule has 0 aromatic rings. The van der Waals surface area contributed by atoms with Crippen LogP contribution in [-0.4, -0.2) is 36.7 Å². The van der Waals surface area contributed by atoms with Crippen molar-refractivity contribution in [3.63, 3.8) is 0 Å². The first-order chi connectivity index (χ1) is 6.74. The van der Waals surface area contributed by atoms with Crippen molar-refractivity contribution in [1.82, 2.24) is 4.90 Å². The van der Waals surface area contributed by atoms with Gasteiger partial charge in [0.1, 0.15) is 0 Å². The number of hydrogen-bond donors (Lipinski definition) is 1. The summed E-state index contributed by atoms with van der Waals surface area (Å²) >= 11 is 0. The fourth-order valence-corrected chi connectivity index (χ4v) is 1.74. The molecule has 1 fully saturated rings. The monoisotopic (exact) mass is 200 g/mol. The minimum Gasteiger partial charge on any atom is -0.378 e. The third kappa shape index (κ3) is 3.54. The maximum absolute atomic E-state index is 10.9. The lowest BCUT2D eigenvalue weighted by Gasteiger charge is -2.17. The smallest absolute Gasteiger partial charge is 0.314 e. The van der Waals surface area contributed by atoms with E-state index in [1.165, 1.54) is 0 Å². The average Bonchev–Trinajstić information content (AvgIpc) is 2.39. The normalized spacial score (nSPS) is 23.2. The van der Waals surface area contributed by atoms with Crippen LogP contribution in [0, 0.1) is 0 Å². The lowest BCUT2D eigenvalue weighted by atomic mass is 10.2. The zero-order valence-electron chi connectivity index (χ0n) is 8.87. The average molecular weight is 200 g/mol. The lowest BCUT2D eigenvalue weighted by molar-refractivity contribution is 0.0446. The van der Waals surface area contributed by atoms with Crippen LogP contribution in [-0.2, 0) is 4.74 Å². The summed E-state index contributed by atoms with van der Waals surface area (Å²) in [6.07, 6.45) is 4.33. The van der Waals surface area contributed by atoms with Crippen LogP contribution >= 0.6 is 0 Å². The van der Waals surface area contributed by atoms with Crippen molar-refractivity contribution in [1.29, 1.82) is 0 Å². The van der Waals surface area contributed by atoms with Gasteiger partial charge in [-0.15, -0.1) is 0 Å². The molecule has 0 aromatic carbocycles. The van der Waals surface area contributed by atoms with Crippen LogP contribution in [0.3, 0.4) is 0 Å². The Balaban J connectivity index is 2.29. The Morgan fingerprint density at radius 3 is 2.93 bits per heavy atom. The van der Waals surface area contributed by atoms with E-state index in [4.69, 9.17) is 10.5 Å². The molecule has 82 valence electrons. The highest BCUT2D eigenvalue weighted by Crippen LogP contribution is 2.14. The first-order valence-electron chi connectivity index (χ1n) is 5.40. The largest absolute Gasteiger partial charge is 0.378 e. The molecule has 0 radical (unpaired) electrons. The zero-order chi connectivity index (χ0) is 10.4. The van der Waals surface area contributed by atoms with Gasteiger partial charge in [0.15, 0.2) is 0 Å². The Morgan fingerprint density at radius 2 is 2.29 bits per heavy atom. The summed E-state index contributed by atoms with van der Waals surface area (Å²) in [6.45, 7) is 4.44. The molecule has 4 nitrogen and oxygen atoms in total. The minimum absolute atomic E-state index is 0.304. The van der Waals surface area contributed by atoms with Gasteiger partial charge in [-0.05, 0) is 25.7 Å². The maximum atomic E-state index is 10.9. The molecule has 1 unspecified atom stereocenters. The number of rotatable bonds is 3. The molecule has 1 aliphatic heterocycles. The number of likely N-dealkylation sites (tertiary alicyclic amines) is 1. The van der Waals surface area contributed by atoms with Crippen LogP contribution in [0.2, 0.25) is 0 Å². The molecular formula is C10H20N2O2. The van der Waals surface area contributed by atoms with E-state index in [0.29, 0.717) is 6.10 Å². The third-order valence-corrected chi connectivity index (χ3v) is 2.54. The van der Waals surface area contributed by atoms with Gasteiger partial charge in [0.2, 0.25) is 0 Å². The Morgan fingerprint density at radius 1 is 1.50 bits per heavy atom. The van der Waals surface area contributed by atoms with E-state index in [1.807, 2.05) is 0 Å². The fraction of sp³-hybridized carbons (Fsp3) is 0.900. The molecule has 0 aliphatic carbocycles. The highest BCUT2D eigenvalue weighted by molar-refractivity contribution is 5.71. The van der Waals surface area contributed by atoms with Gasteiger partial charge in [0, 0.05) is 19.7 Å². The van der Waals surface area contributed by atoms with E-state index in [1.54, 1.807) is 4.90 Å². The van der Waals surface area contributed by atoms with E-state index < -0.39 is 0 Å². The third-order valence-electron chi connectivity index (χ3n) is 2.54. The van der Waals surface area contributed by atoms with Crippen LogP contribution in [0.25, 0.3) is 0 Å². The van der Waals surface area contributed by atoms with Crippen molar-refractivity contribution < 1.29 is 9.53 Å². The number of carbonyl (C=O) groups excluding carboxylic acids is 1. The molecular weight excluding hydrogens is 180 g/mol. The van der Waals surface area contributed by atoms with E-state index >= 15 is 0 Å². The molecule has 0 aromatic heterocycles. The van der Waals surface area contributed by atoms with Gasteiger partial charge in [-0.25, -0.2) is 4.79 Å². The van der Waals surface area contributed by atoms with E-state index in [0.717, 1.165) is 45.4 Å². The molecule has 14 heavy (non-hydrogen) atoms. The van der Waals surface area contributed by atoms with Crippen LogP contribution in [0.4, 0.5) is 4.79 Å². The van der Waals surface area contributed by atoms with Gasteiger partial charge >= 0.3 is 6.03 Å². The number of ether oxygens (including phenoxy) is 1. The van der Waals surface area contributed by atoms with Crippen molar-refractivity contribution >= 4 is 6.03 Å². The lowest BCUT2D eigenvalue weighted by Crippen LogP contribution is -2.36. The summed E-state index contributed by atoms with van der Waals surface area (Å²) < 4.78 is 5.66. The van der Waals surface area contributed by atoms with Gasteiger partial charge in [-0.3, -0.25) is 0 Å². The summed E-state index contributed by atoms with van der Waals surface area (Å²) in [6, 6.07) is -0.304. The Hall–Kier alpha value is -0.770. The molecule has 1 atom stereocenters. The highest BCUT2D eigenvalue weighted by atomic mass is 16.5. The molecule has 1 aliphatic rings. The molecule has 0 bridgehead atoms. The van der Waals surface area contributed by atoms with Crippen molar-refractivity contribution in [3.05, 3.63) is 0 Å². The SMILES string of the molecule is CCCOC1CCCN(C(N)=O)CC1. The first-order valence-corrected chi connectivity index (χ1v) is 5.40. The van der Waals surface area contributed by atoms with Crippen molar-refractivity contribution in [2.75, 3.05) is 19.7 Å². The van der Waals surface area contributed by atoms with Crippen LogP contribution in [0.15, 0.2) is 0 Å². The van der Waals surface area contributed by atoms with Gasteiger partial charge in [-0.2, -0.15) is 0 Å². The van der Waals surface area contributed by atoms with Crippen molar-refractivity contribution in [2.24, 2.45) is 5.73 Å². The molecule has 1 rings (SSSR count). The Kier molecular flexibility index (Phi) is 4.73. The minimum atomic E-state index is -0.304. The van der Waals surface area contributed by atoms with Crippen molar-refractivity contribution in [2.45, 2.75) is 38.7 Å². The number of carbonyl (C=O) groups is 1. The van der Waals surface area contributed by atoms with Crippen LogP contribution in [0.1, 0.15) is 32.6 Å². The second kappa shape index (κ2) is 5.86. The topological polar surface area (TPSA) is 55.6 Å². The molecule has 0 spiro atoms. The standard InChI is InChI=1S/C10H20N2O2/c1-2-8-14-9-4-3-6-12(7-5-9)10(11)13/h9H,2-8H2,1H3,(H2,11,13). The van der Waals surface area contributed by atoms with Gasteiger partial charge < -0.3 is 15.4 Å². The molecule has 1 saturated heterocycles. The van der Waals surface area contributed by atoms with Gasteiger partial charge in [-0.1, -0.05) is 6.92 Å². The van der Waals surface area contributed by atoms with Crippen molar-refractivity contribution in [3.8, 4) is 0 Å². The van der Waals surface area contributed by atoms with E-state index in [-0.39, 0.29) is 6.03 Å². The van der Waals surface area contributed by atoms with E-state index in [9.17, 15) is 4.79 Å². The first kappa shape index (κ1) is 11.3. The van der Waals surface area contributed by atoms with E-state index in [2.05, 4.69) is 6.92 Å². The predicted molar refractivity (Wildman–Crippen MR) is 55.0 cm³/mol. The number of urea groups is 1. The quantitative estimate of drug-likeness (QED) is 0.747. The number of primary amides is 1. The fourth-order valence-electron chi connectivity index (χ4n) is 1.74. The zero-order valence-corrected chi connectivity index (χ0v) is 8.87. The summed E-state index contributed by atoms with van der Waals surface area (Å²) in [7, 11) is 0. The molecule has 2 amide bonds.